The largest absolute Gasteiger partial charge is 0.547 e. The third-order valence-corrected chi connectivity index (χ3v) is 9.78. The fourth-order valence-electron chi connectivity index (χ4n) is 5.92. The highest BCUT2D eigenvalue weighted by Gasteiger charge is 2.39. The number of rotatable bonds is 8. The fourth-order valence-corrected chi connectivity index (χ4v) is 5.92. The Morgan fingerprint density at radius 2 is 0.880 bits per heavy atom. The first-order chi connectivity index (χ1) is 23.0. The Bertz CT molecular complexity index is 1190. The second-order valence-electron chi connectivity index (χ2n) is 15.9. The number of benzene rings is 2. The Hall–Kier alpha value is -2.86. The van der Waals surface area contributed by atoms with Crippen molar-refractivity contribution in [3.05, 3.63) is 71.8 Å². The first-order valence-electron chi connectivity index (χ1n) is 17.9. The molecule has 0 amide bonds. The smallest absolute Gasteiger partial charge is 0.130 e. The van der Waals surface area contributed by atoms with Gasteiger partial charge in [-0.25, -0.2) is 0 Å². The number of nitrogens with one attached hydrogen (secondary N) is 2. The third kappa shape index (κ3) is 14.8. The Labute approximate surface area is 301 Å². The molecular weight excluding hydrogens is 636 g/mol. The maximum absolute atomic E-state index is 10.7. The molecule has 2 heterocycles. The number of hydrogen-bond donors (Lipinski definition) is 4. The normalized spacial score (nSPS) is 24.8. The molecule has 0 aliphatic carbocycles. The first-order valence-corrected chi connectivity index (χ1v) is 17.9. The van der Waals surface area contributed by atoms with Gasteiger partial charge in [0.25, 0.3) is 0 Å². The number of ether oxygens (including phenoxy) is 2. The molecule has 2 aromatic rings. The highest BCUT2D eigenvalue weighted by Crippen LogP contribution is 2.35. The van der Waals surface area contributed by atoms with Gasteiger partial charge in [0.05, 0.1) is 51.3 Å². The summed E-state index contributed by atoms with van der Waals surface area (Å²) in [7, 11) is 8.21. The molecule has 6 atom stereocenters. The molecule has 2 saturated heterocycles. The summed E-state index contributed by atoms with van der Waals surface area (Å²) in [5.74, 6) is -2.20. The van der Waals surface area contributed by atoms with Gasteiger partial charge >= 0.3 is 0 Å². The lowest BCUT2D eigenvalue weighted by atomic mass is 9.88. The first kappa shape index (κ1) is 45.2. The summed E-state index contributed by atoms with van der Waals surface area (Å²) in [5, 5.41) is 41.3. The van der Waals surface area contributed by atoms with Crippen LogP contribution in [0.25, 0.3) is 0 Å². The van der Waals surface area contributed by atoms with Gasteiger partial charge in [0.2, 0.25) is 0 Å². The zero-order valence-corrected chi connectivity index (χ0v) is 32.7. The van der Waals surface area contributed by atoms with Crippen LogP contribution in [-0.4, -0.2) is 84.8 Å². The highest BCUT2D eigenvalue weighted by molar-refractivity contribution is 5.75. The number of hydrogen-bond acceptors (Lipinski definition) is 8. The van der Waals surface area contributed by atoms with E-state index in [-0.39, 0.29) is 35.5 Å². The molecule has 284 valence electrons. The highest BCUT2D eigenvalue weighted by atomic mass is 16.6. The van der Waals surface area contributed by atoms with Crippen LogP contribution in [0.15, 0.2) is 60.7 Å². The summed E-state index contributed by atoms with van der Waals surface area (Å²) in [4.78, 5) is 24.0. The van der Waals surface area contributed by atoms with Crippen LogP contribution in [0.2, 0.25) is 0 Å². The standard InChI is InChI=1S/2C11H17NO.2C9H16O3/c2*1-9(12(2)3)11(13)10-7-5-4-6-8-10;2*1-8(2)5-4-6-9(3,12-8)7(10)11/h2*4-9,11,13H,1-3H3;2*4-6H2,1-3H3,(H,10,11)/t2*9-,11?;9-;/m110./s1. The second-order valence-corrected chi connectivity index (χ2v) is 15.9. The average Bonchev–Trinajstić information content (AvgIpc) is 3.03. The second kappa shape index (κ2) is 19.7. The molecule has 4 rings (SSSR count). The van der Waals surface area contributed by atoms with Crippen LogP contribution in [0.1, 0.15) is 117 Å². The number of aliphatic hydroxyl groups is 2. The van der Waals surface area contributed by atoms with Crippen molar-refractivity contribution in [2.45, 2.75) is 141 Å². The molecule has 50 heavy (non-hydrogen) atoms. The zero-order chi connectivity index (χ0) is 38.5. The summed E-state index contributed by atoms with van der Waals surface area (Å²) in [6, 6.07) is 20.0. The van der Waals surface area contributed by atoms with Crippen LogP contribution in [0.4, 0.5) is 0 Å². The number of carbonyl (C=O) groups is 2. The number of quaternary nitrogens is 2. The maximum atomic E-state index is 10.7. The van der Waals surface area contributed by atoms with Gasteiger partial charge in [-0.3, -0.25) is 0 Å². The quantitative estimate of drug-likeness (QED) is 0.324. The number of aliphatic hydroxyl groups excluding tert-OH is 2. The molecule has 0 aromatic heterocycles. The van der Waals surface area contributed by atoms with Crippen LogP contribution in [0, 0.1) is 0 Å². The fraction of sp³-hybridized carbons (Fsp3) is 0.650. The summed E-state index contributed by atoms with van der Waals surface area (Å²) >= 11 is 0. The van der Waals surface area contributed by atoms with Crippen LogP contribution < -0.4 is 20.0 Å². The van der Waals surface area contributed by atoms with Gasteiger partial charge in [-0.15, -0.1) is 0 Å². The van der Waals surface area contributed by atoms with Crippen LogP contribution in [0.5, 0.6) is 0 Å². The van der Waals surface area contributed by atoms with Crippen molar-refractivity contribution in [1.82, 2.24) is 0 Å². The van der Waals surface area contributed by atoms with Crippen molar-refractivity contribution in [2.75, 3.05) is 28.2 Å². The van der Waals surface area contributed by atoms with E-state index in [0.29, 0.717) is 12.8 Å². The van der Waals surface area contributed by atoms with Gasteiger partial charge in [-0.2, -0.15) is 0 Å². The average molecular weight is 703 g/mol. The predicted molar refractivity (Wildman–Crippen MR) is 192 cm³/mol. The molecule has 0 spiro atoms. The van der Waals surface area contributed by atoms with E-state index in [0.717, 1.165) is 36.8 Å². The molecule has 10 nitrogen and oxygen atoms in total. The molecule has 0 radical (unpaired) electrons. The summed E-state index contributed by atoms with van der Waals surface area (Å²) in [6.45, 7) is 14.9. The minimum Gasteiger partial charge on any atom is -0.547 e. The lowest BCUT2D eigenvalue weighted by Crippen LogP contribution is -3.10. The summed E-state index contributed by atoms with van der Waals surface area (Å²) in [5.41, 5.74) is -0.823. The molecule has 2 fully saturated rings. The minimum atomic E-state index is -1.10. The Kier molecular flexibility index (Phi) is 17.8. The lowest BCUT2D eigenvalue weighted by Gasteiger charge is -2.43. The van der Waals surface area contributed by atoms with E-state index in [2.05, 4.69) is 28.2 Å². The van der Waals surface area contributed by atoms with E-state index in [1.54, 1.807) is 13.8 Å². The molecule has 2 aromatic carbocycles. The maximum Gasteiger partial charge on any atom is 0.130 e. The molecule has 3 unspecified atom stereocenters. The lowest BCUT2D eigenvalue weighted by molar-refractivity contribution is -0.888. The van der Waals surface area contributed by atoms with Gasteiger partial charge in [-0.1, -0.05) is 60.7 Å². The number of likely N-dealkylation sites (N-methyl/N-ethyl adjacent to an activating group) is 2. The van der Waals surface area contributed by atoms with E-state index >= 15 is 0 Å². The van der Waals surface area contributed by atoms with Crippen molar-refractivity contribution in [2.24, 2.45) is 0 Å². The SMILES string of the molecule is CC1(C)CCCC(C)(C(=O)[O-])O1.CC1(C)CCC[C@@](C)(C(=O)[O-])O1.C[C@H](C(O)c1ccccc1)[NH+](C)C.C[C@H](C(O)c1ccccc1)[NH+](C)C. The van der Waals surface area contributed by atoms with Crippen molar-refractivity contribution in [1.29, 1.82) is 0 Å². The van der Waals surface area contributed by atoms with Crippen molar-refractivity contribution in [3.63, 3.8) is 0 Å². The van der Waals surface area contributed by atoms with E-state index < -0.39 is 23.1 Å². The van der Waals surface area contributed by atoms with Crippen LogP contribution in [-0.2, 0) is 19.1 Å². The van der Waals surface area contributed by atoms with Crippen LogP contribution >= 0.6 is 0 Å². The van der Waals surface area contributed by atoms with E-state index in [4.69, 9.17) is 9.47 Å². The molecule has 0 bridgehead atoms. The molecule has 2 aliphatic rings. The monoisotopic (exact) mass is 702 g/mol. The Morgan fingerprint density at radius 3 is 1.08 bits per heavy atom. The number of aliphatic carboxylic acids is 2. The van der Waals surface area contributed by atoms with Crippen LogP contribution in [0.3, 0.4) is 0 Å². The van der Waals surface area contributed by atoms with Gasteiger partial charge in [0.1, 0.15) is 35.5 Å². The van der Waals surface area contributed by atoms with E-state index in [9.17, 15) is 30.0 Å². The molecule has 4 N–H and O–H groups in total. The Morgan fingerprint density at radius 1 is 0.600 bits per heavy atom. The Balaban J connectivity index is 0.000000334. The summed E-state index contributed by atoms with van der Waals surface area (Å²) in [6.07, 6.45) is 3.97. The van der Waals surface area contributed by atoms with Crippen molar-refractivity contribution < 1.29 is 49.3 Å². The summed E-state index contributed by atoms with van der Waals surface area (Å²) < 4.78 is 10.9. The van der Waals surface area contributed by atoms with Gasteiger partial charge < -0.3 is 49.3 Å². The zero-order valence-electron chi connectivity index (χ0n) is 32.7. The molecular formula is C40H66N2O8. The van der Waals surface area contributed by atoms with Crippen molar-refractivity contribution >= 4 is 11.9 Å². The third-order valence-electron chi connectivity index (χ3n) is 9.78. The minimum absolute atomic E-state index is 0.224. The molecule has 10 heteroatoms. The number of carboxylic acids is 2. The van der Waals surface area contributed by atoms with Crippen molar-refractivity contribution in [3.8, 4) is 0 Å². The van der Waals surface area contributed by atoms with Gasteiger partial charge in [-0.05, 0) is 105 Å². The van der Waals surface area contributed by atoms with Gasteiger partial charge in [0.15, 0.2) is 0 Å². The molecule has 0 saturated carbocycles. The predicted octanol–water partition coefficient (Wildman–Crippen LogP) is 1.45. The van der Waals surface area contributed by atoms with Gasteiger partial charge in [0, 0.05) is 0 Å². The number of carboxylic acid groups (broad SMARTS) is 2. The molecule has 2 aliphatic heterocycles. The van der Waals surface area contributed by atoms with E-state index in [1.165, 1.54) is 9.80 Å². The van der Waals surface area contributed by atoms with E-state index in [1.807, 2.05) is 102 Å². The number of carbonyl (C=O) groups excluding carboxylic acids is 2. The topological polar surface area (TPSA) is 148 Å².